The maximum absolute atomic E-state index is 10.4. The molecular formula is C9H13N3O4. The molecule has 0 amide bonds. The van der Waals surface area contributed by atoms with Crippen LogP contribution in [0.3, 0.4) is 0 Å². The van der Waals surface area contributed by atoms with Crippen LogP contribution in [0.15, 0.2) is 0 Å². The molecule has 7 nitrogen and oxygen atoms in total. The van der Waals surface area contributed by atoms with E-state index < -0.39 is 11.9 Å². The van der Waals surface area contributed by atoms with E-state index in [4.69, 9.17) is 10.2 Å². The molecule has 0 spiro atoms. The van der Waals surface area contributed by atoms with Gasteiger partial charge < -0.3 is 10.2 Å². The molecule has 0 aliphatic carbocycles. The lowest BCUT2D eigenvalue weighted by atomic mass is 10.2. The van der Waals surface area contributed by atoms with E-state index in [2.05, 4.69) is 10.3 Å². The zero-order valence-corrected chi connectivity index (χ0v) is 8.88. The van der Waals surface area contributed by atoms with Gasteiger partial charge in [0.2, 0.25) is 0 Å². The van der Waals surface area contributed by atoms with Gasteiger partial charge in [0.25, 0.3) is 0 Å². The minimum Gasteiger partial charge on any atom is -0.481 e. The Labute approximate surface area is 91.7 Å². The quantitative estimate of drug-likeness (QED) is 0.712. The standard InChI is InChI=1S/C9H13N3O4/c1-6-7(2-3-8(13)14)10-11-12(6)5-4-9(15)16/h2-5H2,1H3,(H,13,14)(H,15,16). The summed E-state index contributed by atoms with van der Waals surface area (Å²) in [6.45, 7) is 2.00. The van der Waals surface area contributed by atoms with Crippen molar-refractivity contribution >= 4 is 11.9 Å². The summed E-state index contributed by atoms with van der Waals surface area (Å²) >= 11 is 0. The van der Waals surface area contributed by atoms with E-state index in [-0.39, 0.29) is 19.4 Å². The largest absolute Gasteiger partial charge is 0.481 e. The average molecular weight is 227 g/mol. The van der Waals surface area contributed by atoms with E-state index >= 15 is 0 Å². The summed E-state index contributed by atoms with van der Waals surface area (Å²) in [4.78, 5) is 20.7. The van der Waals surface area contributed by atoms with Crippen LogP contribution < -0.4 is 0 Å². The van der Waals surface area contributed by atoms with Crippen LogP contribution in [0.5, 0.6) is 0 Å². The molecule has 0 bridgehead atoms. The van der Waals surface area contributed by atoms with Crippen LogP contribution in [0.4, 0.5) is 0 Å². The lowest BCUT2D eigenvalue weighted by molar-refractivity contribution is -0.138. The van der Waals surface area contributed by atoms with Gasteiger partial charge in [-0.25, -0.2) is 4.68 Å². The Morgan fingerprint density at radius 1 is 1.25 bits per heavy atom. The summed E-state index contributed by atoms with van der Waals surface area (Å²) < 4.78 is 1.48. The van der Waals surface area contributed by atoms with Crippen molar-refractivity contribution in [3.8, 4) is 0 Å². The van der Waals surface area contributed by atoms with E-state index in [1.165, 1.54) is 4.68 Å². The van der Waals surface area contributed by atoms with Gasteiger partial charge in [0.15, 0.2) is 0 Å². The molecule has 1 aromatic rings. The molecular weight excluding hydrogens is 214 g/mol. The Morgan fingerprint density at radius 3 is 2.44 bits per heavy atom. The van der Waals surface area contributed by atoms with Crippen LogP contribution >= 0.6 is 0 Å². The number of hydrogen-bond acceptors (Lipinski definition) is 4. The maximum Gasteiger partial charge on any atom is 0.305 e. The van der Waals surface area contributed by atoms with Gasteiger partial charge >= 0.3 is 11.9 Å². The fourth-order valence-electron chi connectivity index (χ4n) is 1.27. The van der Waals surface area contributed by atoms with Gasteiger partial charge in [-0.15, -0.1) is 5.10 Å². The molecule has 0 aliphatic rings. The molecule has 1 heterocycles. The van der Waals surface area contributed by atoms with E-state index in [9.17, 15) is 9.59 Å². The second-order valence-corrected chi connectivity index (χ2v) is 3.38. The molecule has 2 N–H and O–H groups in total. The van der Waals surface area contributed by atoms with Gasteiger partial charge in [-0.3, -0.25) is 9.59 Å². The van der Waals surface area contributed by atoms with Crippen LogP contribution in [0.25, 0.3) is 0 Å². The molecule has 7 heteroatoms. The molecule has 0 saturated heterocycles. The van der Waals surface area contributed by atoms with Gasteiger partial charge in [0.1, 0.15) is 0 Å². The SMILES string of the molecule is Cc1c(CCC(=O)O)nnn1CCC(=O)O. The number of aryl methyl sites for hydroxylation is 2. The fourth-order valence-corrected chi connectivity index (χ4v) is 1.27. The molecule has 0 fully saturated rings. The smallest absolute Gasteiger partial charge is 0.305 e. The van der Waals surface area contributed by atoms with Crippen LogP contribution in [0.1, 0.15) is 24.2 Å². The van der Waals surface area contributed by atoms with Crippen molar-refractivity contribution in [2.24, 2.45) is 0 Å². The first kappa shape index (κ1) is 12.2. The number of rotatable bonds is 6. The second kappa shape index (κ2) is 5.24. The Morgan fingerprint density at radius 2 is 1.88 bits per heavy atom. The number of aliphatic carboxylic acids is 2. The summed E-state index contributed by atoms with van der Waals surface area (Å²) in [5.41, 5.74) is 1.33. The third kappa shape index (κ3) is 3.34. The van der Waals surface area contributed by atoms with Crippen molar-refractivity contribution in [3.05, 3.63) is 11.4 Å². The molecule has 16 heavy (non-hydrogen) atoms. The van der Waals surface area contributed by atoms with E-state index in [0.29, 0.717) is 12.1 Å². The Hall–Kier alpha value is -1.92. The van der Waals surface area contributed by atoms with E-state index in [0.717, 1.165) is 5.69 Å². The molecule has 0 aromatic carbocycles. The molecule has 0 radical (unpaired) electrons. The second-order valence-electron chi connectivity index (χ2n) is 3.38. The summed E-state index contributed by atoms with van der Waals surface area (Å²) in [6.07, 6.45) is 0.287. The molecule has 0 saturated carbocycles. The van der Waals surface area contributed by atoms with Gasteiger partial charge in [0.05, 0.1) is 30.8 Å². The van der Waals surface area contributed by atoms with Crippen LogP contribution in [0.2, 0.25) is 0 Å². The number of carboxylic acid groups (broad SMARTS) is 2. The minimum atomic E-state index is -0.901. The van der Waals surface area contributed by atoms with E-state index in [1.807, 2.05) is 0 Å². The molecule has 88 valence electrons. The number of hydrogen-bond donors (Lipinski definition) is 2. The highest BCUT2D eigenvalue weighted by Gasteiger charge is 2.10. The Balaban J connectivity index is 2.61. The van der Waals surface area contributed by atoms with Crippen molar-refractivity contribution in [1.82, 2.24) is 15.0 Å². The van der Waals surface area contributed by atoms with Gasteiger partial charge in [-0.05, 0) is 6.92 Å². The maximum atomic E-state index is 10.4. The molecule has 1 aromatic heterocycles. The molecule has 0 aliphatic heterocycles. The summed E-state index contributed by atoms with van der Waals surface area (Å²) in [7, 11) is 0. The predicted molar refractivity (Wildman–Crippen MR) is 53.0 cm³/mol. The molecule has 0 unspecified atom stereocenters. The van der Waals surface area contributed by atoms with Crippen molar-refractivity contribution in [2.75, 3.05) is 0 Å². The normalized spacial score (nSPS) is 10.3. The number of aromatic nitrogens is 3. The van der Waals surface area contributed by atoms with Crippen molar-refractivity contribution in [1.29, 1.82) is 0 Å². The van der Waals surface area contributed by atoms with Crippen molar-refractivity contribution in [3.63, 3.8) is 0 Å². The lowest BCUT2D eigenvalue weighted by Gasteiger charge is -2.00. The average Bonchev–Trinajstić information content (AvgIpc) is 2.53. The van der Waals surface area contributed by atoms with Crippen molar-refractivity contribution < 1.29 is 19.8 Å². The third-order valence-electron chi connectivity index (χ3n) is 2.19. The first-order valence-corrected chi connectivity index (χ1v) is 4.83. The zero-order chi connectivity index (χ0) is 12.1. The summed E-state index contributed by atoms with van der Waals surface area (Å²) in [6, 6.07) is 0. The van der Waals surface area contributed by atoms with Gasteiger partial charge in [-0.2, -0.15) is 0 Å². The third-order valence-corrected chi connectivity index (χ3v) is 2.19. The van der Waals surface area contributed by atoms with Gasteiger partial charge in [-0.1, -0.05) is 5.21 Å². The lowest BCUT2D eigenvalue weighted by Crippen LogP contribution is -2.08. The molecule has 0 atom stereocenters. The Bertz CT molecular complexity index is 364. The summed E-state index contributed by atoms with van der Waals surface area (Å²) in [5, 5.41) is 24.6. The highest BCUT2D eigenvalue weighted by Crippen LogP contribution is 2.07. The monoisotopic (exact) mass is 227 g/mol. The number of carboxylic acids is 2. The minimum absolute atomic E-state index is 0.00152. The van der Waals surface area contributed by atoms with Crippen molar-refractivity contribution in [2.45, 2.75) is 32.7 Å². The van der Waals surface area contributed by atoms with Crippen LogP contribution in [0, 0.1) is 6.92 Å². The van der Waals surface area contributed by atoms with Gasteiger partial charge in [0, 0.05) is 6.42 Å². The van der Waals surface area contributed by atoms with Crippen LogP contribution in [-0.4, -0.2) is 37.1 Å². The summed E-state index contributed by atoms with van der Waals surface area (Å²) in [5.74, 6) is -1.79. The highest BCUT2D eigenvalue weighted by atomic mass is 16.4. The first-order chi connectivity index (χ1) is 7.50. The highest BCUT2D eigenvalue weighted by molar-refractivity contribution is 5.67. The predicted octanol–water partition coefficient (Wildman–Crippen LogP) is 0.0784. The first-order valence-electron chi connectivity index (χ1n) is 4.83. The topological polar surface area (TPSA) is 105 Å². The zero-order valence-electron chi connectivity index (χ0n) is 8.88. The number of carbonyl (C=O) groups is 2. The van der Waals surface area contributed by atoms with Crippen LogP contribution in [-0.2, 0) is 22.6 Å². The van der Waals surface area contributed by atoms with E-state index in [1.54, 1.807) is 6.92 Å². The molecule has 1 rings (SSSR count). The number of nitrogens with zero attached hydrogens (tertiary/aromatic N) is 3. The fraction of sp³-hybridized carbons (Fsp3) is 0.556. The Kier molecular flexibility index (Phi) is 3.98.